The van der Waals surface area contributed by atoms with Gasteiger partial charge >= 0.3 is 5.97 Å². The van der Waals surface area contributed by atoms with Crippen molar-refractivity contribution in [2.45, 2.75) is 19.5 Å². The van der Waals surface area contributed by atoms with Crippen molar-refractivity contribution >= 4 is 28.4 Å². The summed E-state index contributed by atoms with van der Waals surface area (Å²) in [5, 5.41) is 3.33. The molecular weight excluding hydrogens is 457 g/mol. The second kappa shape index (κ2) is 12.3. The van der Waals surface area contributed by atoms with Gasteiger partial charge in [0.05, 0.1) is 18.4 Å². The Morgan fingerprint density at radius 3 is 2.56 bits per heavy atom. The lowest BCUT2D eigenvalue weighted by molar-refractivity contribution is 0.0600. The maximum Gasteiger partial charge on any atom is 0.337 e. The summed E-state index contributed by atoms with van der Waals surface area (Å²) in [6, 6.07) is 11.8. The SMILES string of the molecule is COC(=O)c1ccc(CNS(=O)(=O)CCc2cccc(CN3CCNCC3)c2)c(F)c1.Cl. The first-order valence-electron chi connectivity index (χ1n) is 10.2. The Labute approximate surface area is 194 Å². The molecule has 2 N–H and O–H groups in total. The van der Waals surface area contributed by atoms with Crippen molar-refractivity contribution in [3.8, 4) is 0 Å². The van der Waals surface area contributed by atoms with E-state index in [0.29, 0.717) is 6.42 Å². The first-order valence-corrected chi connectivity index (χ1v) is 11.9. The minimum atomic E-state index is -3.59. The number of esters is 1. The molecule has 176 valence electrons. The molecule has 1 saturated heterocycles. The Balaban J connectivity index is 0.00000363. The summed E-state index contributed by atoms with van der Waals surface area (Å²) in [4.78, 5) is 13.8. The molecule has 2 aromatic rings. The van der Waals surface area contributed by atoms with Crippen LogP contribution in [0.4, 0.5) is 4.39 Å². The number of hydrogen-bond acceptors (Lipinski definition) is 6. The highest BCUT2D eigenvalue weighted by molar-refractivity contribution is 7.89. The van der Waals surface area contributed by atoms with Gasteiger partial charge in [-0.25, -0.2) is 22.3 Å². The molecule has 0 amide bonds. The number of piperazine rings is 1. The maximum absolute atomic E-state index is 14.2. The highest BCUT2D eigenvalue weighted by atomic mass is 35.5. The molecule has 1 aliphatic rings. The first-order chi connectivity index (χ1) is 14.9. The van der Waals surface area contributed by atoms with E-state index >= 15 is 0 Å². The number of halogens is 2. The van der Waals surface area contributed by atoms with Gasteiger partial charge in [-0.15, -0.1) is 12.4 Å². The van der Waals surface area contributed by atoms with E-state index in [1.807, 2.05) is 18.2 Å². The molecule has 2 aromatic carbocycles. The zero-order valence-electron chi connectivity index (χ0n) is 18.0. The smallest absolute Gasteiger partial charge is 0.337 e. The van der Waals surface area contributed by atoms with Crippen LogP contribution in [0.1, 0.15) is 27.0 Å². The van der Waals surface area contributed by atoms with E-state index in [1.165, 1.54) is 19.2 Å². The second-order valence-electron chi connectivity index (χ2n) is 7.53. The standard InChI is InChI=1S/C22H28FN3O4S.ClH/c1-30-22(27)19-5-6-20(21(23)14-19)15-25-31(28,29)12-7-17-3-2-4-18(13-17)16-26-10-8-24-9-11-26;/h2-6,13-14,24-25H,7-12,15-16H2,1H3;1H. The number of methoxy groups -OCH3 is 1. The second-order valence-corrected chi connectivity index (χ2v) is 9.46. The van der Waals surface area contributed by atoms with Crippen molar-refractivity contribution in [1.82, 2.24) is 14.9 Å². The third-order valence-corrected chi connectivity index (χ3v) is 6.55. The number of carbonyl (C=O) groups excluding carboxylic acids is 1. The van der Waals surface area contributed by atoms with Crippen LogP contribution >= 0.6 is 12.4 Å². The Morgan fingerprint density at radius 2 is 1.88 bits per heavy atom. The van der Waals surface area contributed by atoms with E-state index < -0.39 is 21.8 Å². The van der Waals surface area contributed by atoms with Gasteiger partial charge in [-0.05, 0) is 29.7 Å². The van der Waals surface area contributed by atoms with E-state index in [1.54, 1.807) is 0 Å². The predicted octanol–water partition coefficient (Wildman–Crippen LogP) is 2.10. The molecule has 1 fully saturated rings. The molecule has 3 rings (SSSR count). The van der Waals surface area contributed by atoms with Crippen LogP contribution < -0.4 is 10.0 Å². The number of sulfonamides is 1. The summed E-state index contributed by atoms with van der Waals surface area (Å²) in [6.07, 6.45) is 0.370. The molecule has 0 bridgehead atoms. The van der Waals surface area contributed by atoms with Crippen molar-refractivity contribution in [2.24, 2.45) is 0 Å². The number of rotatable bonds is 9. The van der Waals surface area contributed by atoms with Gasteiger partial charge in [0.1, 0.15) is 5.82 Å². The lowest BCUT2D eigenvalue weighted by Crippen LogP contribution is -2.42. The molecule has 0 radical (unpaired) electrons. The van der Waals surface area contributed by atoms with Crippen molar-refractivity contribution in [3.05, 3.63) is 70.5 Å². The normalized spacial score (nSPS) is 14.6. The number of nitrogens with zero attached hydrogens (tertiary/aromatic N) is 1. The number of benzene rings is 2. The molecule has 0 saturated carbocycles. The molecule has 0 aliphatic carbocycles. The van der Waals surface area contributed by atoms with E-state index in [-0.39, 0.29) is 35.8 Å². The van der Waals surface area contributed by atoms with Gasteiger partial charge in [0.25, 0.3) is 0 Å². The number of carbonyl (C=O) groups is 1. The van der Waals surface area contributed by atoms with Crippen LogP contribution in [0.5, 0.6) is 0 Å². The number of ether oxygens (including phenoxy) is 1. The van der Waals surface area contributed by atoms with Crippen LogP contribution in [-0.4, -0.2) is 58.3 Å². The zero-order chi connectivity index (χ0) is 22.3. The number of hydrogen-bond donors (Lipinski definition) is 2. The van der Waals surface area contributed by atoms with E-state index in [2.05, 4.69) is 25.7 Å². The lowest BCUT2D eigenvalue weighted by atomic mass is 10.1. The highest BCUT2D eigenvalue weighted by Gasteiger charge is 2.15. The van der Waals surface area contributed by atoms with Gasteiger partial charge in [0.15, 0.2) is 0 Å². The van der Waals surface area contributed by atoms with Gasteiger partial charge < -0.3 is 10.1 Å². The van der Waals surface area contributed by atoms with Gasteiger partial charge in [-0.1, -0.05) is 30.3 Å². The quantitative estimate of drug-likeness (QED) is 0.529. The molecule has 32 heavy (non-hydrogen) atoms. The molecule has 0 spiro atoms. The number of aryl methyl sites for hydroxylation is 1. The Kier molecular flexibility index (Phi) is 10.0. The molecule has 0 aromatic heterocycles. The van der Waals surface area contributed by atoms with Crippen molar-refractivity contribution < 1.29 is 22.3 Å². The maximum atomic E-state index is 14.2. The molecular formula is C22H29ClFN3O4S. The molecule has 7 nitrogen and oxygen atoms in total. The largest absolute Gasteiger partial charge is 0.465 e. The van der Waals surface area contributed by atoms with Crippen molar-refractivity contribution in [2.75, 3.05) is 39.0 Å². The Hall–Kier alpha value is -2.04. The minimum Gasteiger partial charge on any atom is -0.465 e. The summed E-state index contributed by atoms with van der Waals surface area (Å²) >= 11 is 0. The Bertz CT molecular complexity index is 1010. The average Bonchev–Trinajstić information content (AvgIpc) is 2.77. The molecule has 1 heterocycles. The summed E-state index contributed by atoms with van der Waals surface area (Å²) in [7, 11) is -2.38. The predicted molar refractivity (Wildman–Crippen MR) is 124 cm³/mol. The fraction of sp³-hybridized carbons (Fsp3) is 0.409. The van der Waals surface area contributed by atoms with Gasteiger partial charge in [-0.3, -0.25) is 4.90 Å². The van der Waals surface area contributed by atoms with Gasteiger partial charge in [0.2, 0.25) is 10.0 Å². The minimum absolute atomic E-state index is 0. The van der Waals surface area contributed by atoms with Crippen LogP contribution in [0.3, 0.4) is 0 Å². The number of nitrogens with one attached hydrogen (secondary N) is 2. The zero-order valence-corrected chi connectivity index (χ0v) is 19.6. The fourth-order valence-electron chi connectivity index (χ4n) is 3.46. The molecule has 0 unspecified atom stereocenters. The van der Waals surface area contributed by atoms with Crippen LogP contribution in [0, 0.1) is 5.82 Å². The molecule has 0 atom stereocenters. The van der Waals surface area contributed by atoms with Crippen LogP contribution in [0.2, 0.25) is 0 Å². The van der Waals surface area contributed by atoms with Crippen LogP contribution in [-0.2, 0) is 34.3 Å². The highest BCUT2D eigenvalue weighted by Crippen LogP contribution is 2.13. The van der Waals surface area contributed by atoms with E-state index in [0.717, 1.165) is 49.9 Å². The van der Waals surface area contributed by atoms with E-state index in [4.69, 9.17) is 0 Å². The first kappa shape index (κ1) is 26.2. The van der Waals surface area contributed by atoms with Crippen molar-refractivity contribution in [1.29, 1.82) is 0 Å². The molecule has 10 heteroatoms. The summed E-state index contributed by atoms with van der Waals surface area (Å²) < 4.78 is 45.9. The average molecular weight is 486 g/mol. The van der Waals surface area contributed by atoms with Crippen LogP contribution in [0.25, 0.3) is 0 Å². The van der Waals surface area contributed by atoms with Gasteiger partial charge in [0, 0.05) is 44.8 Å². The summed E-state index contributed by atoms with van der Waals surface area (Å²) in [5.41, 5.74) is 2.35. The fourth-order valence-corrected chi connectivity index (χ4v) is 4.48. The van der Waals surface area contributed by atoms with E-state index in [9.17, 15) is 17.6 Å². The molecule has 1 aliphatic heterocycles. The van der Waals surface area contributed by atoms with Crippen molar-refractivity contribution in [3.63, 3.8) is 0 Å². The Morgan fingerprint density at radius 1 is 1.16 bits per heavy atom. The third-order valence-electron chi connectivity index (χ3n) is 5.22. The van der Waals surface area contributed by atoms with Gasteiger partial charge in [-0.2, -0.15) is 0 Å². The topological polar surface area (TPSA) is 87.7 Å². The summed E-state index contributed by atoms with van der Waals surface area (Å²) in [5.74, 6) is -1.40. The monoisotopic (exact) mass is 485 g/mol. The van der Waals surface area contributed by atoms with Crippen LogP contribution in [0.15, 0.2) is 42.5 Å². The third kappa shape index (κ3) is 7.83. The lowest BCUT2D eigenvalue weighted by Gasteiger charge is -2.27. The summed E-state index contributed by atoms with van der Waals surface area (Å²) in [6.45, 7) is 4.63.